The number of likely N-dealkylation sites (tertiary alicyclic amines) is 1. The molecule has 0 aliphatic carbocycles. The number of methoxy groups -OCH3 is 2. The summed E-state index contributed by atoms with van der Waals surface area (Å²) < 4.78 is 11.5. The maximum atomic E-state index is 12.7. The van der Waals surface area contributed by atoms with Crippen LogP contribution in [0.25, 0.3) is 0 Å². The number of carbonyl (C=O) groups excluding carboxylic acids is 1. The van der Waals surface area contributed by atoms with Crippen LogP contribution in [-0.2, 0) is 6.54 Å². The van der Waals surface area contributed by atoms with Crippen molar-refractivity contribution in [2.24, 2.45) is 0 Å². The Balaban J connectivity index is 1.62. The number of ether oxygens (including phenoxy) is 2. The highest BCUT2D eigenvalue weighted by molar-refractivity contribution is 14.1. The van der Waals surface area contributed by atoms with Crippen LogP contribution in [0.2, 0.25) is 0 Å². The van der Waals surface area contributed by atoms with E-state index in [9.17, 15) is 4.79 Å². The number of amides is 1. The molecule has 0 saturated carbocycles. The molecule has 0 aromatic heterocycles. The van der Waals surface area contributed by atoms with Gasteiger partial charge in [-0.05, 0) is 46.7 Å². The van der Waals surface area contributed by atoms with Crippen molar-refractivity contribution in [3.63, 3.8) is 0 Å². The van der Waals surface area contributed by atoms with Gasteiger partial charge in [-0.25, -0.2) is 0 Å². The van der Waals surface area contributed by atoms with Gasteiger partial charge in [0.15, 0.2) is 11.5 Å². The van der Waals surface area contributed by atoms with Gasteiger partial charge >= 0.3 is 0 Å². The molecule has 3 rings (SSSR count). The highest BCUT2D eigenvalue weighted by Gasteiger charge is 2.25. The fourth-order valence-corrected chi connectivity index (χ4v) is 3.91. The summed E-state index contributed by atoms with van der Waals surface area (Å²) in [4.78, 5) is 15.1. The van der Waals surface area contributed by atoms with Gasteiger partial charge in [0.2, 0.25) is 0 Å². The first-order chi connectivity index (χ1) is 12.6. The summed E-state index contributed by atoms with van der Waals surface area (Å²) in [5.41, 5.74) is 1.92. The van der Waals surface area contributed by atoms with Crippen molar-refractivity contribution in [3.05, 3.63) is 57.2 Å². The van der Waals surface area contributed by atoms with Gasteiger partial charge in [0.1, 0.15) is 0 Å². The van der Waals surface area contributed by atoms with Crippen LogP contribution in [0.3, 0.4) is 0 Å². The zero-order chi connectivity index (χ0) is 18.5. The molecule has 138 valence electrons. The molecule has 0 bridgehead atoms. The fraction of sp³-hybridized carbons (Fsp3) is 0.350. The van der Waals surface area contributed by atoms with E-state index >= 15 is 0 Å². The monoisotopic (exact) mass is 466 g/mol. The first-order valence-corrected chi connectivity index (χ1v) is 9.67. The summed E-state index contributed by atoms with van der Waals surface area (Å²) in [5.74, 6) is 1.13. The Morgan fingerprint density at radius 1 is 1.19 bits per heavy atom. The van der Waals surface area contributed by atoms with E-state index in [-0.39, 0.29) is 11.9 Å². The molecule has 1 atom stereocenters. The van der Waals surface area contributed by atoms with Crippen LogP contribution in [0.15, 0.2) is 42.5 Å². The number of hydrogen-bond donors (Lipinski definition) is 1. The first-order valence-electron chi connectivity index (χ1n) is 8.59. The average molecular weight is 466 g/mol. The smallest absolute Gasteiger partial charge is 0.252 e. The minimum Gasteiger partial charge on any atom is -0.493 e. The number of carbonyl (C=O) groups is 1. The first kappa shape index (κ1) is 19.0. The molecular formula is C20H23IN2O3. The van der Waals surface area contributed by atoms with Gasteiger partial charge in [-0.15, -0.1) is 0 Å². The van der Waals surface area contributed by atoms with E-state index in [0.29, 0.717) is 17.1 Å². The third-order valence-corrected chi connectivity index (χ3v) is 5.47. The summed E-state index contributed by atoms with van der Waals surface area (Å²) in [5, 5.41) is 3.16. The van der Waals surface area contributed by atoms with Crippen molar-refractivity contribution < 1.29 is 14.3 Å². The zero-order valence-corrected chi connectivity index (χ0v) is 17.2. The fourth-order valence-electron chi connectivity index (χ4n) is 3.23. The Morgan fingerprint density at radius 3 is 2.58 bits per heavy atom. The molecule has 0 radical (unpaired) electrons. The molecule has 1 aliphatic rings. The molecule has 26 heavy (non-hydrogen) atoms. The Morgan fingerprint density at radius 2 is 1.88 bits per heavy atom. The lowest BCUT2D eigenvalue weighted by Gasteiger charge is -2.17. The number of nitrogens with one attached hydrogen (secondary N) is 1. The van der Waals surface area contributed by atoms with Crippen LogP contribution in [0.4, 0.5) is 0 Å². The van der Waals surface area contributed by atoms with Gasteiger partial charge in [-0.3, -0.25) is 9.69 Å². The van der Waals surface area contributed by atoms with E-state index < -0.39 is 0 Å². The van der Waals surface area contributed by atoms with Crippen molar-refractivity contribution in [2.45, 2.75) is 19.0 Å². The van der Waals surface area contributed by atoms with Gasteiger partial charge in [0.05, 0.1) is 19.8 Å². The number of nitrogens with zero attached hydrogens (tertiary/aromatic N) is 1. The Labute approximate surface area is 167 Å². The molecular weight excluding hydrogens is 443 g/mol. The number of halogens is 1. The van der Waals surface area contributed by atoms with Crippen molar-refractivity contribution >= 4 is 28.5 Å². The average Bonchev–Trinajstić information content (AvgIpc) is 3.08. The lowest BCUT2D eigenvalue weighted by atomic mass is 10.1. The summed E-state index contributed by atoms with van der Waals surface area (Å²) in [6.45, 7) is 2.77. The third-order valence-electron chi connectivity index (χ3n) is 4.57. The lowest BCUT2D eigenvalue weighted by Crippen LogP contribution is -2.37. The van der Waals surface area contributed by atoms with Gasteiger partial charge in [-0.1, -0.05) is 30.3 Å². The molecule has 2 aromatic rings. The number of rotatable bonds is 6. The van der Waals surface area contributed by atoms with E-state index in [1.807, 2.05) is 12.1 Å². The van der Waals surface area contributed by atoms with E-state index in [4.69, 9.17) is 9.47 Å². The van der Waals surface area contributed by atoms with E-state index in [2.05, 4.69) is 57.1 Å². The van der Waals surface area contributed by atoms with Crippen molar-refractivity contribution in [2.75, 3.05) is 27.3 Å². The molecule has 1 heterocycles. The predicted molar refractivity (Wildman–Crippen MR) is 110 cm³/mol. The quantitative estimate of drug-likeness (QED) is 0.664. The van der Waals surface area contributed by atoms with Crippen molar-refractivity contribution in [1.29, 1.82) is 0 Å². The maximum absolute atomic E-state index is 12.7. The largest absolute Gasteiger partial charge is 0.493 e. The maximum Gasteiger partial charge on any atom is 0.252 e. The van der Waals surface area contributed by atoms with Crippen LogP contribution < -0.4 is 14.8 Å². The minimum absolute atomic E-state index is 0.0677. The molecule has 1 amide bonds. The topological polar surface area (TPSA) is 50.8 Å². The minimum atomic E-state index is -0.0677. The van der Waals surface area contributed by atoms with Gasteiger partial charge < -0.3 is 14.8 Å². The molecule has 6 heteroatoms. The molecule has 0 spiro atoms. The second kappa shape index (κ2) is 8.73. The van der Waals surface area contributed by atoms with E-state index in [1.165, 1.54) is 5.56 Å². The standard InChI is InChI=1S/C20H23IN2O3/c1-25-18-10-16(17(21)11-19(18)26-2)20(24)22-15-8-9-23(13-15)12-14-6-4-3-5-7-14/h3-7,10-11,15H,8-9,12-13H2,1-2H3,(H,22,24). The number of benzene rings is 2. The molecule has 2 aromatic carbocycles. The Kier molecular flexibility index (Phi) is 6.37. The summed E-state index contributed by atoms with van der Waals surface area (Å²) >= 11 is 2.16. The second-order valence-electron chi connectivity index (χ2n) is 6.37. The number of hydrogen-bond acceptors (Lipinski definition) is 4. The summed E-state index contributed by atoms with van der Waals surface area (Å²) in [6, 6.07) is 14.1. The van der Waals surface area contributed by atoms with Crippen LogP contribution >= 0.6 is 22.6 Å². The predicted octanol–water partition coefficient (Wildman–Crippen LogP) is 3.31. The molecule has 1 saturated heterocycles. The van der Waals surface area contributed by atoms with Crippen LogP contribution in [0.1, 0.15) is 22.3 Å². The third kappa shape index (κ3) is 4.48. The van der Waals surface area contributed by atoms with Crippen LogP contribution in [0, 0.1) is 3.57 Å². The van der Waals surface area contributed by atoms with Crippen molar-refractivity contribution in [3.8, 4) is 11.5 Å². The summed E-state index contributed by atoms with van der Waals surface area (Å²) in [7, 11) is 3.17. The van der Waals surface area contributed by atoms with Gasteiger partial charge in [0, 0.05) is 29.2 Å². The van der Waals surface area contributed by atoms with Crippen molar-refractivity contribution in [1.82, 2.24) is 10.2 Å². The van der Waals surface area contributed by atoms with Crippen LogP contribution in [0.5, 0.6) is 11.5 Å². The SMILES string of the molecule is COc1cc(I)c(C(=O)NC2CCN(Cc3ccccc3)C2)cc1OC. The van der Waals surface area contributed by atoms with Gasteiger partial charge in [-0.2, -0.15) is 0 Å². The summed E-state index contributed by atoms with van der Waals surface area (Å²) in [6.07, 6.45) is 0.961. The molecule has 1 fully saturated rings. The Bertz CT molecular complexity index is 767. The normalized spacial score (nSPS) is 17.1. The highest BCUT2D eigenvalue weighted by Crippen LogP contribution is 2.31. The zero-order valence-electron chi connectivity index (χ0n) is 15.0. The van der Waals surface area contributed by atoms with E-state index in [0.717, 1.165) is 29.6 Å². The Hall–Kier alpha value is -1.80. The molecule has 1 aliphatic heterocycles. The van der Waals surface area contributed by atoms with E-state index in [1.54, 1.807) is 20.3 Å². The lowest BCUT2D eigenvalue weighted by molar-refractivity contribution is 0.0936. The molecule has 1 unspecified atom stereocenters. The van der Waals surface area contributed by atoms with Gasteiger partial charge in [0.25, 0.3) is 5.91 Å². The molecule has 5 nitrogen and oxygen atoms in total. The molecule has 1 N–H and O–H groups in total. The van der Waals surface area contributed by atoms with Crippen LogP contribution in [-0.4, -0.2) is 44.2 Å². The highest BCUT2D eigenvalue weighted by atomic mass is 127. The second-order valence-corrected chi connectivity index (χ2v) is 7.53.